The number of aryl methyl sites for hydroxylation is 1. The first-order valence-electron chi connectivity index (χ1n) is 6.72. The van der Waals surface area contributed by atoms with Crippen molar-refractivity contribution in [3.63, 3.8) is 0 Å². The number of aromatic nitrogens is 4. The minimum Gasteiger partial charge on any atom is -0.339 e. The summed E-state index contributed by atoms with van der Waals surface area (Å²) in [4.78, 5) is 12.7. The molecule has 0 saturated heterocycles. The Balaban J connectivity index is 2.06. The van der Waals surface area contributed by atoms with Gasteiger partial charge in [-0.05, 0) is 24.8 Å². The highest BCUT2D eigenvalue weighted by Gasteiger charge is 2.19. The van der Waals surface area contributed by atoms with Crippen LogP contribution in [0, 0.1) is 12.3 Å². The van der Waals surface area contributed by atoms with Crippen molar-refractivity contribution in [2.45, 2.75) is 46.6 Å². The van der Waals surface area contributed by atoms with Crippen LogP contribution in [0.25, 0.3) is 11.5 Å². The van der Waals surface area contributed by atoms with Crippen molar-refractivity contribution in [1.29, 1.82) is 0 Å². The minimum absolute atomic E-state index is 0.00966. The lowest BCUT2D eigenvalue weighted by Crippen LogP contribution is -2.28. The average molecular weight is 275 g/mol. The van der Waals surface area contributed by atoms with Gasteiger partial charge in [0.25, 0.3) is 0 Å². The summed E-state index contributed by atoms with van der Waals surface area (Å²) in [5, 5.41) is 3.95. The second kappa shape index (κ2) is 5.66. The van der Waals surface area contributed by atoms with Crippen LogP contribution >= 0.6 is 0 Å². The molecule has 0 bridgehead atoms. The molecule has 1 unspecified atom stereocenters. The Morgan fingerprint density at radius 2 is 2.05 bits per heavy atom. The zero-order chi connectivity index (χ0) is 14.8. The van der Waals surface area contributed by atoms with Gasteiger partial charge in [0.2, 0.25) is 11.7 Å². The van der Waals surface area contributed by atoms with Crippen molar-refractivity contribution in [3.8, 4) is 11.5 Å². The Bertz CT molecular complexity index is 573. The molecule has 6 nitrogen and oxygen atoms in total. The van der Waals surface area contributed by atoms with Crippen LogP contribution in [0.1, 0.15) is 38.9 Å². The lowest BCUT2D eigenvalue weighted by Gasteiger charge is -2.21. The molecule has 0 fully saturated rings. The molecule has 2 N–H and O–H groups in total. The number of nitrogens with zero attached hydrogens (tertiary/aromatic N) is 4. The molecule has 0 aliphatic rings. The van der Waals surface area contributed by atoms with Gasteiger partial charge in [-0.1, -0.05) is 25.9 Å². The number of nitrogens with two attached hydrogens (primary N) is 1. The summed E-state index contributed by atoms with van der Waals surface area (Å²) >= 11 is 0. The largest absolute Gasteiger partial charge is 0.339 e. The van der Waals surface area contributed by atoms with E-state index in [1.807, 2.05) is 6.92 Å². The molecule has 0 amide bonds. The van der Waals surface area contributed by atoms with Crippen molar-refractivity contribution < 1.29 is 4.52 Å². The van der Waals surface area contributed by atoms with Crippen molar-refractivity contribution in [2.75, 3.05) is 0 Å². The van der Waals surface area contributed by atoms with Gasteiger partial charge in [0, 0.05) is 18.7 Å². The first-order valence-corrected chi connectivity index (χ1v) is 6.72. The maximum absolute atomic E-state index is 6.11. The van der Waals surface area contributed by atoms with Crippen LogP contribution in [0.4, 0.5) is 0 Å². The fraction of sp³-hybridized carbons (Fsp3) is 0.571. The molecule has 2 aromatic heterocycles. The van der Waals surface area contributed by atoms with E-state index in [9.17, 15) is 0 Å². The maximum atomic E-state index is 6.11. The van der Waals surface area contributed by atoms with E-state index in [0.29, 0.717) is 29.7 Å². The molecule has 6 heteroatoms. The van der Waals surface area contributed by atoms with E-state index in [1.165, 1.54) is 0 Å². The molecular formula is C14H21N5O. The summed E-state index contributed by atoms with van der Waals surface area (Å²) in [5.41, 5.74) is 6.96. The van der Waals surface area contributed by atoms with E-state index >= 15 is 0 Å². The molecule has 0 aliphatic heterocycles. The summed E-state index contributed by atoms with van der Waals surface area (Å²) in [6.45, 7) is 8.31. The zero-order valence-electron chi connectivity index (χ0n) is 12.4. The Morgan fingerprint density at radius 1 is 1.30 bits per heavy atom. The first kappa shape index (κ1) is 14.6. The molecule has 0 saturated carbocycles. The summed E-state index contributed by atoms with van der Waals surface area (Å²) in [7, 11) is 0. The monoisotopic (exact) mass is 275 g/mol. The van der Waals surface area contributed by atoms with Gasteiger partial charge in [-0.2, -0.15) is 4.98 Å². The summed E-state index contributed by atoms with van der Waals surface area (Å²) in [5.74, 6) is 1.71. The van der Waals surface area contributed by atoms with Crippen molar-refractivity contribution in [3.05, 3.63) is 24.0 Å². The fourth-order valence-corrected chi connectivity index (χ4v) is 2.11. The molecule has 0 radical (unpaired) electrons. The van der Waals surface area contributed by atoms with Crippen LogP contribution in [0.5, 0.6) is 0 Å². The highest BCUT2D eigenvalue weighted by atomic mass is 16.5. The predicted octanol–water partition coefficient (Wildman–Crippen LogP) is 2.14. The third-order valence-corrected chi connectivity index (χ3v) is 2.78. The van der Waals surface area contributed by atoms with Crippen LogP contribution in [-0.4, -0.2) is 26.2 Å². The lowest BCUT2D eigenvalue weighted by atomic mass is 9.87. The van der Waals surface area contributed by atoms with Crippen LogP contribution < -0.4 is 5.73 Å². The van der Waals surface area contributed by atoms with E-state index in [0.717, 1.165) is 6.42 Å². The van der Waals surface area contributed by atoms with E-state index in [4.69, 9.17) is 10.3 Å². The van der Waals surface area contributed by atoms with Crippen LogP contribution in [0.15, 0.2) is 16.8 Å². The van der Waals surface area contributed by atoms with Gasteiger partial charge >= 0.3 is 0 Å². The highest BCUT2D eigenvalue weighted by Crippen LogP contribution is 2.21. The van der Waals surface area contributed by atoms with Gasteiger partial charge in [-0.3, -0.25) is 0 Å². The van der Waals surface area contributed by atoms with E-state index in [2.05, 4.69) is 40.9 Å². The Morgan fingerprint density at radius 3 is 2.70 bits per heavy atom. The average Bonchev–Trinajstić information content (AvgIpc) is 2.74. The smallest absolute Gasteiger partial charge is 0.228 e. The molecule has 20 heavy (non-hydrogen) atoms. The van der Waals surface area contributed by atoms with Gasteiger partial charge in [0.1, 0.15) is 11.5 Å². The molecule has 2 rings (SSSR count). The topological polar surface area (TPSA) is 90.7 Å². The molecular weight excluding hydrogens is 254 g/mol. The van der Waals surface area contributed by atoms with E-state index in [-0.39, 0.29) is 11.5 Å². The Labute approximate surface area is 118 Å². The standard InChI is InChI=1S/C14H21N5O/c1-9-16-6-5-11(17-9)13-18-12(20-19-13)7-10(15)8-14(2,3)4/h5-6,10H,7-8,15H2,1-4H3. The summed E-state index contributed by atoms with van der Waals surface area (Å²) < 4.78 is 5.24. The molecule has 0 aliphatic carbocycles. The van der Waals surface area contributed by atoms with Gasteiger partial charge in [-0.25, -0.2) is 9.97 Å². The third kappa shape index (κ3) is 4.09. The van der Waals surface area contributed by atoms with Gasteiger partial charge in [0.15, 0.2) is 0 Å². The van der Waals surface area contributed by atoms with Crippen LogP contribution in [0.2, 0.25) is 0 Å². The number of rotatable bonds is 4. The molecule has 0 spiro atoms. The normalized spacial score (nSPS) is 13.4. The Kier molecular flexibility index (Phi) is 4.13. The number of hydrogen-bond donors (Lipinski definition) is 1. The third-order valence-electron chi connectivity index (χ3n) is 2.78. The lowest BCUT2D eigenvalue weighted by molar-refractivity contribution is 0.313. The molecule has 0 aromatic carbocycles. The van der Waals surface area contributed by atoms with Crippen molar-refractivity contribution >= 4 is 0 Å². The first-order chi connectivity index (χ1) is 9.33. The van der Waals surface area contributed by atoms with E-state index in [1.54, 1.807) is 12.3 Å². The highest BCUT2D eigenvalue weighted by molar-refractivity contribution is 5.46. The predicted molar refractivity (Wildman–Crippen MR) is 75.8 cm³/mol. The maximum Gasteiger partial charge on any atom is 0.228 e. The van der Waals surface area contributed by atoms with Gasteiger partial charge in [-0.15, -0.1) is 0 Å². The molecule has 108 valence electrons. The van der Waals surface area contributed by atoms with Crippen LogP contribution in [-0.2, 0) is 6.42 Å². The zero-order valence-corrected chi connectivity index (χ0v) is 12.4. The quantitative estimate of drug-likeness (QED) is 0.919. The SMILES string of the molecule is Cc1nccc(-c2noc(CC(N)CC(C)(C)C)n2)n1. The molecule has 1 atom stereocenters. The second-order valence-electron chi connectivity index (χ2n) is 6.23. The van der Waals surface area contributed by atoms with Crippen LogP contribution in [0.3, 0.4) is 0 Å². The van der Waals surface area contributed by atoms with Crippen molar-refractivity contribution in [1.82, 2.24) is 20.1 Å². The van der Waals surface area contributed by atoms with E-state index < -0.39 is 0 Å². The number of hydrogen-bond acceptors (Lipinski definition) is 6. The van der Waals surface area contributed by atoms with Gasteiger partial charge < -0.3 is 10.3 Å². The van der Waals surface area contributed by atoms with Crippen molar-refractivity contribution in [2.24, 2.45) is 11.1 Å². The molecule has 2 aromatic rings. The summed E-state index contributed by atoms with van der Waals surface area (Å²) in [6.07, 6.45) is 3.16. The minimum atomic E-state index is 0.00966. The second-order valence-corrected chi connectivity index (χ2v) is 6.23. The summed E-state index contributed by atoms with van der Waals surface area (Å²) in [6, 6.07) is 1.77. The Hall–Kier alpha value is -1.82. The van der Waals surface area contributed by atoms with Gasteiger partial charge in [0.05, 0.1) is 0 Å². The molecule has 2 heterocycles. The fourth-order valence-electron chi connectivity index (χ4n) is 2.11.